The van der Waals surface area contributed by atoms with Crippen LogP contribution in [0.25, 0.3) is 10.9 Å². The van der Waals surface area contributed by atoms with E-state index in [1.807, 2.05) is 12.1 Å². The maximum atomic E-state index is 12.2. The number of carbonyl (C=O) groups is 1. The average Bonchev–Trinajstić information content (AvgIpc) is 3.14. The molecule has 2 aliphatic rings. The summed E-state index contributed by atoms with van der Waals surface area (Å²) >= 11 is 6.60. The molecule has 0 radical (unpaired) electrons. The summed E-state index contributed by atoms with van der Waals surface area (Å²) in [6, 6.07) is 5.91. The lowest BCUT2D eigenvalue weighted by molar-refractivity contribution is 0.193. The van der Waals surface area contributed by atoms with Gasteiger partial charge in [0.05, 0.1) is 10.5 Å². The van der Waals surface area contributed by atoms with Crippen LogP contribution in [0.1, 0.15) is 43.9 Å². The minimum atomic E-state index is -0.415. The molecule has 1 saturated heterocycles. The van der Waals surface area contributed by atoms with Gasteiger partial charge in [0.25, 0.3) is 0 Å². The second-order valence-electron chi connectivity index (χ2n) is 7.43. The van der Waals surface area contributed by atoms with Crippen LogP contribution in [0.15, 0.2) is 18.2 Å². The number of pyridine rings is 1. The molecule has 4 rings (SSSR count). The van der Waals surface area contributed by atoms with E-state index < -0.39 is 6.09 Å². The van der Waals surface area contributed by atoms with Gasteiger partial charge in [-0.3, -0.25) is 9.88 Å². The lowest BCUT2D eigenvalue weighted by Gasteiger charge is -2.22. The molecule has 2 heterocycles. The number of nitrogens with zero attached hydrogens (tertiary/aromatic N) is 2. The molecular weight excluding hydrogens is 362 g/mol. The van der Waals surface area contributed by atoms with Crippen LogP contribution < -0.4 is 10.1 Å². The Labute approximate surface area is 165 Å². The second-order valence-corrected chi connectivity index (χ2v) is 7.81. The second kappa shape index (κ2) is 8.03. The van der Waals surface area contributed by atoms with E-state index in [-0.39, 0.29) is 0 Å². The quantitative estimate of drug-likeness (QED) is 0.847. The Morgan fingerprint density at radius 1 is 1.33 bits per heavy atom. The number of aromatic nitrogens is 1. The maximum Gasteiger partial charge on any atom is 0.412 e. The van der Waals surface area contributed by atoms with Crippen LogP contribution in [0.3, 0.4) is 0 Å². The zero-order chi connectivity index (χ0) is 18.8. The molecule has 0 spiro atoms. The zero-order valence-corrected chi connectivity index (χ0v) is 16.5. The van der Waals surface area contributed by atoms with Gasteiger partial charge in [-0.15, -0.1) is 0 Å². The van der Waals surface area contributed by atoms with Crippen molar-refractivity contribution in [2.45, 2.75) is 51.5 Å². The highest BCUT2D eigenvalue weighted by atomic mass is 35.5. The first-order valence-electron chi connectivity index (χ1n) is 9.96. The van der Waals surface area contributed by atoms with Crippen molar-refractivity contribution in [3.8, 4) is 5.75 Å². The Balaban J connectivity index is 1.45. The van der Waals surface area contributed by atoms with Gasteiger partial charge in [-0.2, -0.15) is 0 Å². The molecule has 5 nitrogen and oxygen atoms in total. The van der Waals surface area contributed by atoms with E-state index in [1.54, 1.807) is 6.07 Å². The summed E-state index contributed by atoms with van der Waals surface area (Å²) in [5.74, 6) is 0.498. The molecule has 1 unspecified atom stereocenters. The maximum absolute atomic E-state index is 12.2. The monoisotopic (exact) mass is 387 g/mol. The van der Waals surface area contributed by atoms with Crippen LogP contribution >= 0.6 is 11.6 Å². The predicted molar refractivity (Wildman–Crippen MR) is 108 cm³/mol. The Hall–Kier alpha value is -1.85. The van der Waals surface area contributed by atoms with Crippen molar-refractivity contribution >= 4 is 28.6 Å². The largest absolute Gasteiger partial charge is 0.412 e. The SMILES string of the molecule is CCN1CCCC1CNC(=O)Oc1ccc2c(Cl)c3c(nc2c1)CCCC3. The van der Waals surface area contributed by atoms with Crippen LogP contribution in [-0.4, -0.2) is 41.7 Å². The topological polar surface area (TPSA) is 54.5 Å². The minimum absolute atomic E-state index is 0.408. The van der Waals surface area contributed by atoms with E-state index in [1.165, 1.54) is 12.0 Å². The number of ether oxygens (including phenoxy) is 1. The third-order valence-electron chi connectivity index (χ3n) is 5.76. The summed E-state index contributed by atoms with van der Waals surface area (Å²) in [5, 5.41) is 4.62. The molecule has 1 atom stereocenters. The van der Waals surface area contributed by atoms with E-state index in [9.17, 15) is 4.79 Å². The molecule has 1 aromatic carbocycles. The first kappa shape index (κ1) is 18.5. The van der Waals surface area contributed by atoms with Gasteiger partial charge < -0.3 is 10.1 Å². The van der Waals surface area contributed by atoms with Gasteiger partial charge in [-0.05, 0) is 69.3 Å². The molecule has 1 amide bonds. The fraction of sp³-hybridized carbons (Fsp3) is 0.524. The van der Waals surface area contributed by atoms with Crippen molar-refractivity contribution in [1.82, 2.24) is 15.2 Å². The fourth-order valence-corrected chi connectivity index (χ4v) is 4.66. The number of rotatable bonds is 4. The molecule has 1 N–H and O–H groups in total. The fourth-order valence-electron chi connectivity index (χ4n) is 4.30. The van der Waals surface area contributed by atoms with Gasteiger partial charge in [-0.25, -0.2) is 4.79 Å². The van der Waals surface area contributed by atoms with Crippen molar-refractivity contribution in [3.05, 3.63) is 34.5 Å². The van der Waals surface area contributed by atoms with Gasteiger partial charge in [0, 0.05) is 29.7 Å². The molecule has 1 aliphatic heterocycles. The highest BCUT2D eigenvalue weighted by molar-refractivity contribution is 6.36. The van der Waals surface area contributed by atoms with Gasteiger partial charge in [0.1, 0.15) is 5.75 Å². The number of halogens is 1. The van der Waals surface area contributed by atoms with Gasteiger partial charge in [0.15, 0.2) is 0 Å². The van der Waals surface area contributed by atoms with E-state index in [4.69, 9.17) is 21.3 Å². The van der Waals surface area contributed by atoms with Gasteiger partial charge >= 0.3 is 6.09 Å². The number of amides is 1. The van der Waals surface area contributed by atoms with E-state index >= 15 is 0 Å². The number of benzene rings is 1. The van der Waals surface area contributed by atoms with Crippen LogP contribution in [0, 0.1) is 0 Å². The van der Waals surface area contributed by atoms with Crippen LogP contribution in [0.4, 0.5) is 4.79 Å². The van der Waals surface area contributed by atoms with Gasteiger partial charge in [-0.1, -0.05) is 18.5 Å². The smallest absolute Gasteiger partial charge is 0.410 e. The number of fused-ring (bicyclic) bond motifs is 2. The van der Waals surface area contributed by atoms with Crippen LogP contribution in [0.5, 0.6) is 5.75 Å². The molecule has 144 valence electrons. The number of hydrogen-bond acceptors (Lipinski definition) is 4. The zero-order valence-electron chi connectivity index (χ0n) is 15.8. The molecule has 1 fully saturated rings. The standard InChI is InChI=1S/C21H26ClN3O2/c1-2-25-11-5-6-14(25)13-23-21(26)27-15-9-10-17-19(12-15)24-18-8-4-3-7-16(18)20(17)22/h9-10,12,14H,2-8,11,13H2,1H3,(H,23,26). The number of nitrogens with one attached hydrogen (secondary N) is 1. The summed E-state index contributed by atoms with van der Waals surface area (Å²) in [7, 11) is 0. The Bertz CT molecular complexity index is 855. The highest BCUT2D eigenvalue weighted by Crippen LogP contribution is 2.34. The summed E-state index contributed by atoms with van der Waals surface area (Å²) in [6.07, 6.45) is 6.17. The van der Waals surface area contributed by atoms with E-state index in [2.05, 4.69) is 17.1 Å². The number of likely N-dealkylation sites (N-methyl/N-ethyl adjacent to an activating group) is 1. The van der Waals surface area contributed by atoms with E-state index in [0.29, 0.717) is 18.3 Å². The molecule has 0 bridgehead atoms. The molecule has 0 saturated carbocycles. The first-order valence-corrected chi connectivity index (χ1v) is 10.3. The lowest BCUT2D eigenvalue weighted by Crippen LogP contribution is -2.40. The van der Waals surface area contributed by atoms with Gasteiger partial charge in [0.2, 0.25) is 0 Å². The van der Waals surface area contributed by atoms with Crippen molar-refractivity contribution in [2.75, 3.05) is 19.6 Å². The van der Waals surface area contributed by atoms with Crippen molar-refractivity contribution in [1.29, 1.82) is 0 Å². The molecule has 1 aromatic heterocycles. The van der Waals surface area contributed by atoms with Crippen LogP contribution in [-0.2, 0) is 12.8 Å². The summed E-state index contributed by atoms with van der Waals surface area (Å²) in [5.41, 5.74) is 3.05. The molecule has 1 aliphatic carbocycles. The minimum Gasteiger partial charge on any atom is -0.410 e. The summed E-state index contributed by atoms with van der Waals surface area (Å²) < 4.78 is 5.48. The Kier molecular flexibility index (Phi) is 5.50. The lowest BCUT2D eigenvalue weighted by atomic mass is 9.94. The molecule has 27 heavy (non-hydrogen) atoms. The first-order chi connectivity index (χ1) is 13.2. The molecule has 6 heteroatoms. The normalized spacial score (nSPS) is 19.9. The van der Waals surface area contributed by atoms with Crippen molar-refractivity contribution in [2.24, 2.45) is 0 Å². The average molecular weight is 388 g/mol. The molecular formula is C21H26ClN3O2. The predicted octanol–water partition coefficient (Wildman–Crippen LogP) is 4.34. The summed E-state index contributed by atoms with van der Waals surface area (Å²) in [4.78, 5) is 19.4. The Morgan fingerprint density at radius 2 is 2.19 bits per heavy atom. The van der Waals surface area contributed by atoms with E-state index in [0.717, 1.165) is 66.8 Å². The third-order valence-corrected chi connectivity index (χ3v) is 6.19. The number of likely N-dealkylation sites (tertiary alicyclic amines) is 1. The summed E-state index contributed by atoms with van der Waals surface area (Å²) in [6.45, 7) is 4.91. The highest BCUT2D eigenvalue weighted by Gasteiger charge is 2.23. The van der Waals surface area contributed by atoms with Crippen molar-refractivity contribution in [3.63, 3.8) is 0 Å². The van der Waals surface area contributed by atoms with Crippen molar-refractivity contribution < 1.29 is 9.53 Å². The number of aryl methyl sites for hydroxylation is 1. The molecule has 2 aromatic rings. The van der Waals surface area contributed by atoms with Crippen LogP contribution in [0.2, 0.25) is 5.02 Å². The third kappa shape index (κ3) is 3.90. The Morgan fingerprint density at radius 3 is 3.04 bits per heavy atom. The number of carbonyl (C=O) groups excluding carboxylic acids is 1. The number of hydrogen-bond donors (Lipinski definition) is 1.